The summed E-state index contributed by atoms with van der Waals surface area (Å²) in [5.74, 6) is 1.07. The highest BCUT2D eigenvalue weighted by Gasteiger charge is 2.21. The Hall–Kier alpha value is -2.32. The molecule has 1 heterocycles. The Balaban J connectivity index is 1.93. The number of aromatic nitrogens is 1. The Morgan fingerprint density at radius 3 is 2.63 bits per heavy atom. The van der Waals surface area contributed by atoms with Crippen molar-refractivity contribution in [1.82, 2.24) is 4.98 Å². The van der Waals surface area contributed by atoms with Gasteiger partial charge in [-0.2, -0.15) is 0 Å². The van der Waals surface area contributed by atoms with Crippen molar-refractivity contribution in [2.45, 2.75) is 24.0 Å². The van der Waals surface area contributed by atoms with Crippen LogP contribution in [0.25, 0.3) is 11.3 Å². The number of ether oxygens (including phenoxy) is 1. The SMILES string of the molecule is COc1ccc(S(=O)(=O)C(C)C)cc1Nc1ncc(-c2cccc(Br)c2)o1. The molecule has 142 valence electrons. The maximum atomic E-state index is 12.4. The van der Waals surface area contributed by atoms with Gasteiger partial charge in [-0.25, -0.2) is 13.4 Å². The van der Waals surface area contributed by atoms with E-state index in [-0.39, 0.29) is 10.9 Å². The zero-order chi connectivity index (χ0) is 19.6. The van der Waals surface area contributed by atoms with Crippen LogP contribution in [0.1, 0.15) is 13.8 Å². The molecule has 1 aromatic heterocycles. The van der Waals surface area contributed by atoms with Crippen molar-refractivity contribution in [3.8, 4) is 17.1 Å². The van der Waals surface area contributed by atoms with Crippen LogP contribution in [0.4, 0.5) is 11.7 Å². The Labute approximate surface area is 166 Å². The van der Waals surface area contributed by atoms with Gasteiger partial charge in [0.15, 0.2) is 15.6 Å². The molecule has 0 aliphatic carbocycles. The van der Waals surface area contributed by atoms with Gasteiger partial charge in [0.2, 0.25) is 0 Å². The lowest BCUT2D eigenvalue weighted by Gasteiger charge is -2.13. The van der Waals surface area contributed by atoms with E-state index in [1.807, 2.05) is 24.3 Å². The number of nitrogens with one attached hydrogen (secondary N) is 1. The largest absolute Gasteiger partial charge is 0.495 e. The molecule has 0 aliphatic rings. The molecule has 0 radical (unpaired) electrons. The van der Waals surface area contributed by atoms with E-state index < -0.39 is 15.1 Å². The highest BCUT2D eigenvalue weighted by molar-refractivity contribution is 9.10. The maximum absolute atomic E-state index is 12.4. The zero-order valence-corrected chi connectivity index (χ0v) is 17.5. The summed E-state index contributed by atoms with van der Waals surface area (Å²) in [7, 11) is -1.90. The van der Waals surface area contributed by atoms with Crippen LogP contribution in [0, 0.1) is 0 Å². The lowest BCUT2D eigenvalue weighted by Crippen LogP contribution is -2.14. The Bertz CT molecular complexity index is 1060. The van der Waals surface area contributed by atoms with Crippen molar-refractivity contribution in [1.29, 1.82) is 0 Å². The second-order valence-corrected chi connectivity index (χ2v) is 9.54. The molecule has 3 rings (SSSR count). The minimum absolute atomic E-state index is 0.208. The van der Waals surface area contributed by atoms with Gasteiger partial charge in [0, 0.05) is 10.0 Å². The molecule has 0 unspecified atom stereocenters. The Kier molecular flexibility index (Phi) is 5.57. The van der Waals surface area contributed by atoms with Crippen LogP contribution in [0.15, 0.2) is 62.4 Å². The van der Waals surface area contributed by atoms with Crippen LogP contribution in [-0.2, 0) is 9.84 Å². The van der Waals surface area contributed by atoms with E-state index in [4.69, 9.17) is 9.15 Å². The van der Waals surface area contributed by atoms with E-state index in [9.17, 15) is 8.42 Å². The molecule has 0 fully saturated rings. The van der Waals surface area contributed by atoms with E-state index in [1.54, 1.807) is 26.1 Å². The van der Waals surface area contributed by atoms with Crippen molar-refractivity contribution in [3.63, 3.8) is 0 Å². The lowest BCUT2D eigenvalue weighted by atomic mass is 10.2. The van der Waals surface area contributed by atoms with Crippen LogP contribution in [0.3, 0.4) is 0 Å². The van der Waals surface area contributed by atoms with Crippen molar-refractivity contribution in [2.24, 2.45) is 0 Å². The van der Waals surface area contributed by atoms with Gasteiger partial charge in [-0.1, -0.05) is 28.1 Å². The van der Waals surface area contributed by atoms with E-state index in [2.05, 4.69) is 26.2 Å². The molecule has 8 heteroatoms. The highest BCUT2D eigenvalue weighted by Crippen LogP contribution is 2.33. The average Bonchev–Trinajstić information content (AvgIpc) is 3.10. The summed E-state index contributed by atoms with van der Waals surface area (Å²) in [6, 6.07) is 12.5. The number of oxazole rings is 1. The maximum Gasteiger partial charge on any atom is 0.299 e. The summed E-state index contributed by atoms with van der Waals surface area (Å²) in [5, 5.41) is 2.48. The second-order valence-electron chi connectivity index (χ2n) is 6.12. The summed E-state index contributed by atoms with van der Waals surface area (Å²) in [5.41, 5.74) is 1.33. The lowest BCUT2D eigenvalue weighted by molar-refractivity contribution is 0.416. The number of benzene rings is 2. The van der Waals surface area contributed by atoms with Gasteiger partial charge in [-0.3, -0.25) is 0 Å². The number of anilines is 2. The van der Waals surface area contributed by atoms with E-state index >= 15 is 0 Å². The minimum Gasteiger partial charge on any atom is -0.495 e. The standard InChI is InChI=1S/C19H19BrN2O4S/c1-12(2)27(23,24)15-7-8-17(25-3)16(10-15)22-19-21-11-18(26-19)13-5-4-6-14(20)9-13/h4-12H,1-3H3,(H,21,22). The first-order valence-electron chi connectivity index (χ1n) is 8.22. The summed E-state index contributed by atoms with van der Waals surface area (Å²) < 4.78 is 36.9. The van der Waals surface area contributed by atoms with E-state index in [0.717, 1.165) is 10.0 Å². The van der Waals surface area contributed by atoms with Crippen molar-refractivity contribution in [3.05, 3.63) is 53.1 Å². The molecule has 27 heavy (non-hydrogen) atoms. The van der Waals surface area contributed by atoms with Gasteiger partial charge in [-0.05, 0) is 44.2 Å². The molecule has 0 amide bonds. The average molecular weight is 451 g/mol. The Morgan fingerprint density at radius 2 is 1.96 bits per heavy atom. The summed E-state index contributed by atoms with van der Waals surface area (Å²) in [4.78, 5) is 4.43. The number of halogens is 1. The van der Waals surface area contributed by atoms with Gasteiger partial charge >= 0.3 is 0 Å². The van der Waals surface area contributed by atoms with E-state index in [0.29, 0.717) is 17.2 Å². The fourth-order valence-corrected chi connectivity index (χ4v) is 3.94. The van der Waals surface area contributed by atoms with Gasteiger partial charge < -0.3 is 14.5 Å². The quantitative estimate of drug-likeness (QED) is 0.566. The molecule has 0 bridgehead atoms. The smallest absolute Gasteiger partial charge is 0.299 e. The van der Waals surface area contributed by atoms with Crippen molar-refractivity contribution < 1.29 is 17.6 Å². The first-order chi connectivity index (χ1) is 12.8. The number of hydrogen-bond donors (Lipinski definition) is 1. The molecule has 0 spiro atoms. The van der Waals surface area contributed by atoms with Gasteiger partial charge in [0.25, 0.3) is 6.01 Å². The molecule has 3 aromatic rings. The first-order valence-corrected chi connectivity index (χ1v) is 10.6. The molecular formula is C19H19BrN2O4S. The third-order valence-corrected chi connectivity index (χ3v) is 6.62. The normalized spacial score (nSPS) is 11.6. The number of hydrogen-bond acceptors (Lipinski definition) is 6. The van der Waals surface area contributed by atoms with Crippen LogP contribution >= 0.6 is 15.9 Å². The first kappa shape index (κ1) is 19.4. The van der Waals surface area contributed by atoms with Crippen molar-refractivity contribution in [2.75, 3.05) is 12.4 Å². The Morgan fingerprint density at radius 1 is 1.19 bits per heavy atom. The summed E-state index contributed by atoms with van der Waals surface area (Å²) in [6.07, 6.45) is 1.60. The number of sulfone groups is 1. The third kappa shape index (κ3) is 4.17. The molecule has 2 aromatic carbocycles. The molecule has 0 atom stereocenters. The van der Waals surface area contributed by atoms with Gasteiger partial charge in [0.05, 0.1) is 29.1 Å². The fraction of sp³-hybridized carbons (Fsp3) is 0.211. The summed E-state index contributed by atoms with van der Waals surface area (Å²) in [6.45, 7) is 3.29. The second kappa shape index (κ2) is 7.74. The number of rotatable bonds is 6. The zero-order valence-electron chi connectivity index (χ0n) is 15.1. The van der Waals surface area contributed by atoms with Crippen LogP contribution in [0.5, 0.6) is 5.75 Å². The third-order valence-electron chi connectivity index (χ3n) is 3.98. The molecule has 0 saturated heterocycles. The van der Waals surface area contributed by atoms with Gasteiger partial charge in [-0.15, -0.1) is 0 Å². The van der Waals surface area contributed by atoms with Gasteiger partial charge in [0.1, 0.15) is 5.75 Å². The highest BCUT2D eigenvalue weighted by atomic mass is 79.9. The fourth-order valence-electron chi connectivity index (χ4n) is 2.46. The molecule has 6 nitrogen and oxygen atoms in total. The molecular weight excluding hydrogens is 432 g/mol. The van der Waals surface area contributed by atoms with Crippen LogP contribution in [-0.4, -0.2) is 25.8 Å². The molecule has 0 aliphatic heterocycles. The molecule has 1 N–H and O–H groups in total. The van der Waals surface area contributed by atoms with E-state index in [1.165, 1.54) is 19.2 Å². The number of methoxy groups -OCH3 is 1. The monoisotopic (exact) mass is 450 g/mol. The summed E-state index contributed by atoms with van der Waals surface area (Å²) >= 11 is 3.43. The van der Waals surface area contributed by atoms with Crippen molar-refractivity contribution >= 4 is 37.5 Å². The minimum atomic E-state index is -3.41. The number of nitrogens with zero attached hydrogens (tertiary/aromatic N) is 1. The van der Waals surface area contributed by atoms with Crippen LogP contribution in [0.2, 0.25) is 0 Å². The van der Waals surface area contributed by atoms with Crippen LogP contribution < -0.4 is 10.1 Å². The molecule has 0 saturated carbocycles. The topological polar surface area (TPSA) is 81.4 Å². The predicted molar refractivity (Wildman–Crippen MR) is 108 cm³/mol. The predicted octanol–water partition coefficient (Wildman–Crippen LogP) is 5.04.